The predicted octanol–water partition coefficient (Wildman–Crippen LogP) is 3.55. The molecule has 6 heteroatoms. The highest BCUT2D eigenvalue weighted by molar-refractivity contribution is 6.01. The van der Waals surface area contributed by atoms with E-state index in [0.717, 1.165) is 5.56 Å². The van der Waals surface area contributed by atoms with Crippen LogP contribution in [0.25, 0.3) is 12.2 Å². The van der Waals surface area contributed by atoms with Crippen molar-refractivity contribution in [2.45, 2.75) is 20.8 Å². The molecule has 0 saturated carbocycles. The molecule has 0 aliphatic heterocycles. The zero-order valence-corrected chi connectivity index (χ0v) is 14.5. The topological polar surface area (TPSA) is 88.6 Å². The SMILES string of the molecule is CCOC(=O)c1[nH]c(/C=C/c2ccc(O)cc2)c(C(=O)OCC)c1C. The standard InChI is InChI=1S/C19H21NO5/c1-4-24-18(22)16-12(3)17(19(23)25-5-2)20-15(16)11-8-13-6-9-14(21)10-7-13/h6-11,20-21H,4-5H2,1-3H3/b11-8+. The number of H-pyrrole nitrogens is 1. The third-order valence-electron chi connectivity index (χ3n) is 3.57. The number of aromatic hydroxyl groups is 1. The van der Waals surface area contributed by atoms with Crippen LogP contribution in [0.15, 0.2) is 24.3 Å². The lowest BCUT2D eigenvalue weighted by atomic mass is 10.1. The smallest absolute Gasteiger partial charge is 0.355 e. The second-order valence-corrected chi connectivity index (χ2v) is 5.28. The van der Waals surface area contributed by atoms with Crippen molar-refractivity contribution in [1.29, 1.82) is 0 Å². The lowest BCUT2D eigenvalue weighted by Crippen LogP contribution is -2.09. The van der Waals surface area contributed by atoms with Crippen LogP contribution < -0.4 is 0 Å². The Kier molecular flexibility index (Phi) is 6.00. The first-order chi connectivity index (χ1) is 12.0. The van der Waals surface area contributed by atoms with Gasteiger partial charge in [-0.25, -0.2) is 9.59 Å². The molecule has 2 rings (SSSR count). The number of benzene rings is 1. The van der Waals surface area contributed by atoms with Crippen LogP contribution in [0.1, 0.15) is 51.5 Å². The highest BCUT2D eigenvalue weighted by Crippen LogP contribution is 2.23. The van der Waals surface area contributed by atoms with Gasteiger partial charge in [-0.1, -0.05) is 18.2 Å². The molecule has 0 amide bonds. The number of carbonyl (C=O) groups excluding carboxylic acids is 2. The van der Waals surface area contributed by atoms with E-state index in [-0.39, 0.29) is 24.7 Å². The van der Waals surface area contributed by atoms with Crippen LogP contribution in [0.5, 0.6) is 5.75 Å². The van der Waals surface area contributed by atoms with Gasteiger partial charge < -0.3 is 19.6 Å². The highest BCUT2D eigenvalue weighted by atomic mass is 16.5. The molecular formula is C19H21NO5. The zero-order valence-electron chi connectivity index (χ0n) is 14.5. The van der Waals surface area contributed by atoms with Crippen LogP contribution in [0, 0.1) is 6.92 Å². The van der Waals surface area contributed by atoms with Crippen molar-refractivity contribution in [3.8, 4) is 5.75 Å². The van der Waals surface area contributed by atoms with Crippen molar-refractivity contribution in [3.05, 3.63) is 52.3 Å². The Balaban J connectivity index is 2.43. The number of phenolic OH excluding ortho intramolecular Hbond substituents is 1. The van der Waals surface area contributed by atoms with Gasteiger partial charge in [-0.3, -0.25) is 0 Å². The second kappa shape index (κ2) is 8.19. The van der Waals surface area contributed by atoms with Gasteiger partial charge in [0.25, 0.3) is 0 Å². The van der Waals surface area contributed by atoms with E-state index < -0.39 is 11.9 Å². The van der Waals surface area contributed by atoms with Crippen molar-refractivity contribution in [2.24, 2.45) is 0 Å². The van der Waals surface area contributed by atoms with Gasteiger partial charge in [0.05, 0.1) is 24.5 Å². The number of nitrogens with one attached hydrogen (secondary N) is 1. The normalized spacial score (nSPS) is 10.8. The number of ether oxygens (including phenoxy) is 2. The first kappa shape index (κ1) is 18.3. The molecule has 0 saturated heterocycles. The average Bonchev–Trinajstić information content (AvgIpc) is 2.91. The van der Waals surface area contributed by atoms with Crippen molar-refractivity contribution >= 4 is 24.1 Å². The minimum absolute atomic E-state index is 0.171. The van der Waals surface area contributed by atoms with Gasteiger partial charge in [0.1, 0.15) is 11.4 Å². The second-order valence-electron chi connectivity index (χ2n) is 5.28. The lowest BCUT2D eigenvalue weighted by molar-refractivity contribution is 0.0518. The van der Waals surface area contributed by atoms with Gasteiger partial charge >= 0.3 is 11.9 Å². The first-order valence-corrected chi connectivity index (χ1v) is 8.01. The summed E-state index contributed by atoms with van der Waals surface area (Å²) in [6.07, 6.45) is 3.46. The summed E-state index contributed by atoms with van der Waals surface area (Å²) in [7, 11) is 0. The Hall–Kier alpha value is -3.02. The molecule has 6 nitrogen and oxygen atoms in total. The van der Waals surface area contributed by atoms with E-state index in [1.165, 1.54) is 0 Å². The summed E-state index contributed by atoms with van der Waals surface area (Å²) in [4.78, 5) is 27.3. The minimum atomic E-state index is -0.519. The number of hydrogen-bond acceptors (Lipinski definition) is 5. The third kappa shape index (κ3) is 4.29. The van der Waals surface area contributed by atoms with Gasteiger partial charge in [-0.05, 0) is 50.1 Å². The maximum atomic E-state index is 12.3. The van der Waals surface area contributed by atoms with Crippen LogP contribution in [-0.4, -0.2) is 35.2 Å². The Morgan fingerprint density at radius 3 is 2.24 bits per heavy atom. The molecule has 0 aliphatic carbocycles. The number of rotatable bonds is 6. The number of aromatic nitrogens is 1. The molecule has 0 radical (unpaired) electrons. The summed E-state index contributed by atoms with van der Waals surface area (Å²) in [6, 6.07) is 6.60. The molecule has 132 valence electrons. The number of aromatic amines is 1. The summed E-state index contributed by atoms with van der Waals surface area (Å²) in [5.74, 6) is -0.850. The molecule has 1 heterocycles. The summed E-state index contributed by atoms with van der Waals surface area (Å²) in [5.41, 5.74) is 2.32. The van der Waals surface area contributed by atoms with E-state index in [1.807, 2.05) is 0 Å². The van der Waals surface area contributed by atoms with Crippen LogP contribution in [-0.2, 0) is 9.47 Å². The molecule has 1 aromatic heterocycles. The molecule has 0 fully saturated rings. The molecule has 0 spiro atoms. The van der Waals surface area contributed by atoms with Crippen LogP contribution in [0.4, 0.5) is 0 Å². The van der Waals surface area contributed by atoms with Crippen LogP contribution >= 0.6 is 0 Å². The third-order valence-corrected chi connectivity index (χ3v) is 3.57. The average molecular weight is 343 g/mol. The van der Waals surface area contributed by atoms with Crippen molar-refractivity contribution in [3.63, 3.8) is 0 Å². The molecule has 2 N–H and O–H groups in total. The fourth-order valence-corrected chi connectivity index (χ4v) is 2.38. The van der Waals surface area contributed by atoms with Gasteiger partial charge in [-0.15, -0.1) is 0 Å². The molecule has 0 aliphatic rings. The number of esters is 2. The minimum Gasteiger partial charge on any atom is -0.508 e. The van der Waals surface area contributed by atoms with E-state index in [9.17, 15) is 14.7 Å². The number of carbonyl (C=O) groups is 2. The molecule has 2 aromatic rings. The van der Waals surface area contributed by atoms with Crippen molar-refractivity contribution in [2.75, 3.05) is 13.2 Å². The molecular weight excluding hydrogens is 322 g/mol. The van der Waals surface area contributed by atoms with E-state index in [4.69, 9.17) is 9.47 Å². The van der Waals surface area contributed by atoms with Crippen LogP contribution in [0.3, 0.4) is 0 Å². The van der Waals surface area contributed by atoms with Crippen LogP contribution in [0.2, 0.25) is 0 Å². The highest BCUT2D eigenvalue weighted by Gasteiger charge is 2.24. The first-order valence-electron chi connectivity index (χ1n) is 8.01. The largest absolute Gasteiger partial charge is 0.508 e. The fraction of sp³-hybridized carbons (Fsp3) is 0.263. The van der Waals surface area contributed by atoms with E-state index in [2.05, 4.69) is 4.98 Å². The summed E-state index contributed by atoms with van der Waals surface area (Å²) >= 11 is 0. The Bertz CT molecular complexity index is 787. The van der Waals surface area contributed by atoms with Gasteiger partial charge in [0.15, 0.2) is 0 Å². The Labute approximate surface area is 146 Å². The van der Waals surface area contributed by atoms with Crippen molar-refractivity contribution < 1.29 is 24.2 Å². The van der Waals surface area contributed by atoms with E-state index in [0.29, 0.717) is 16.8 Å². The Morgan fingerprint density at radius 1 is 1.04 bits per heavy atom. The van der Waals surface area contributed by atoms with Gasteiger partial charge in [-0.2, -0.15) is 0 Å². The quantitative estimate of drug-likeness (QED) is 0.783. The summed E-state index contributed by atoms with van der Waals surface area (Å²) in [6.45, 7) is 5.59. The summed E-state index contributed by atoms with van der Waals surface area (Å²) < 4.78 is 10.1. The monoisotopic (exact) mass is 343 g/mol. The maximum Gasteiger partial charge on any atom is 0.355 e. The molecule has 0 bridgehead atoms. The Morgan fingerprint density at radius 2 is 1.64 bits per heavy atom. The fourth-order valence-electron chi connectivity index (χ4n) is 2.38. The zero-order chi connectivity index (χ0) is 18.4. The van der Waals surface area contributed by atoms with Gasteiger partial charge in [0.2, 0.25) is 0 Å². The van der Waals surface area contributed by atoms with Gasteiger partial charge in [0, 0.05) is 0 Å². The summed E-state index contributed by atoms with van der Waals surface area (Å²) in [5, 5.41) is 9.33. The predicted molar refractivity (Wildman–Crippen MR) is 94.5 cm³/mol. The molecule has 1 aromatic carbocycles. The van der Waals surface area contributed by atoms with Crippen molar-refractivity contribution in [1.82, 2.24) is 4.98 Å². The van der Waals surface area contributed by atoms with E-state index in [1.54, 1.807) is 57.2 Å². The van der Waals surface area contributed by atoms with E-state index >= 15 is 0 Å². The molecule has 0 unspecified atom stereocenters. The maximum absolute atomic E-state index is 12.3. The number of phenols is 1. The number of hydrogen-bond donors (Lipinski definition) is 2. The molecule has 0 atom stereocenters. The molecule has 25 heavy (non-hydrogen) atoms. The lowest BCUT2D eigenvalue weighted by Gasteiger charge is -2.03.